The van der Waals surface area contributed by atoms with Crippen LogP contribution in [0, 0.1) is 13.8 Å². The smallest absolute Gasteiger partial charge is 0.113 e. The molecule has 0 heterocycles. The van der Waals surface area contributed by atoms with Gasteiger partial charge < -0.3 is 5.73 Å². The van der Waals surface area contributed by atoms with Gasteiger partial charge in [-0.1, -0.05) is 18.2 Å². The van der Waals surface area contributed by atoms with Crippen LogP contribution in [0.2, 0.25) is 0 Å². The second-order valence-corrected chi connectivity index (χ2v) is 3.56. The molecule has 0 aliphatic rings. The predicted octanol–water partition coefficient (Wildman–Crippen LogP) is 2.16. The molecule has 0 amide bonds. The van der Waals surface area contributed by atoms with E-state index >= 15 is 0 Å². The van der Waals surface area contributed by atoms with E-state index in [1.54, 1.807) is 0 Å². The van der Waals surface area contributed by atoms with Gasteiger partial charge in [0, 0.05) is 12.0 Å². The summed E-state index contributed by atoms with van der Waals surface area (Å²) >= 11 is 0. The molecule has 0 bridgehead atoms. The highest BCUT2D eigenvalue weighted by Crippen LogP contribution is 2.16. The topological polar surface area (TPSA) is 27.6 Å². The van der Waals surface area contributed by atoms with Gasteiger partial charge in [-0.15, -0.1) is 6.58 Å². The zero-order valence-corrected chi connectivity index (χ0v) is 8.51. The van der Waals surface area contributed by atoms with E-state index in [4.69, 9.17) is 0 Å². The third-order valence-electron chi connectivity index (χ3n) is 2.45. The van der Waals surface area contributed by atoms with Crippen LogP contribution in [0.4, 0.5) is 0 Å². The summed E-state index contributed by atoms with van der Waals surface area (Å²) in [6.45, 7) is 7.99. The van der Waals surface area contributed by atoms with E-state index in [0.717, 1.165) is 6.42 Å². The SMILES string of the molecule is C=CCC([NH3+])c1ccc(C)c(C)c1. The van der Waals surface area contributed by atoms with Gasteiger partial charge in [0.05, 0.1) is 0 Å². The average molecular weight is 176 g/mol. The molecule has 0 saturated heterocycles. The lowest BCUT2D eigenvalue weighted by Gasteiger charge is -2.08. The fourth-order valence-corrected chi connectivity index (χ4v) is 1.36. The molecular weight excluding hydrogens is 158 g/mol. The Morgan fingerprint density at radius 2 is 2.08 bits per heavy atom. The third-order valence-corrected chi connectivity index (χ3v) is 2.45. The summed E-state index contributed by atoms with van der Waals surface area (Å²) in [5, 5.41) is 0. The van der Waals surface area contributed by atoms with Crippen LogP contribution in [0.25, 0.3) is 0 Å². The van der Waals surface area contributed by atoms with Crippen LogP contribution < -0.4 is 5.73 Å². The fourth-order valence-electron chi connectivity index (χ4n) is 1.36. The van der Waals surface area contributed by atoms with Crippen LogP contribution in [0.1, 0.15) is 29.2 Å². The summed E-state index contributed by atoms with van der Waals surface area (Å²) in [5.41, 5.74) is 8.09. The van der Waals surface area contributed by atoms with Crippen molar-refractivity contribution in [2.24, 2.45) is 0 Å². The molecule has 0 saturated carbocycles. The fraction of sp³-hybridized carbons (Fsp3) is 0.333. The van der Waals surface area contributed by atoms with Gasteiger partial charge in [-0.25, -0.2) is 0 Å². The highest BCUT2D eigenvalue weighted by Gasteiger charge is 2.07. The monoisotopic (exact) mass is 176 g/mol. The van der Waals surface area contributed by atoms with Gasteiger partial charge in [-0.05, 0) is 31.0 Å². The second kappa shape index (κ2) is 4.24. The van der Waals surface area contributed by atoms with Gasteiger partial charge in [0.1, 0.15) is 6.04 Å². The van der Waals surface area contributed by atoms with E-state index in [2.05, 4.69) is 44.4 Å². The Labute approximate surface area is 80.3 Å². The zero-order valence-electron chi connectivity index (χ0n) is 8.51. The molecule has 0 spiro atoms. The molecule has 0 aliphatic carbocycles. The summed E-state index contributed by atoms with van der Waals surface area (Å²) in [6.07, 6.45) is 2.87. The number of hydrogen-bond donors (Lipinski definition) is 1. The molecule has 1 rings (SSSR count). The van der Waals surface area contributed by atoms with Crippen LogP contribution in [0.3, 0.4) is 0 Å². The molecule has 13 heavy (non-hydrogen) atoms. The molecule has 3 N–H and O–H groups in total. The maximum atomic E-state index is 4.10. The Morgan fingerprint density at radius 1 is 1.38 bits per heavy atom. The van der Waals surface area contributed by atoms with Crippen molar-refractivity contribution in [3.8, 4) is 0 Å². The van der Waals surface area contributed by atoms with Crippen molar-refractivity contribution >= 4 is 0 Å². The van der Waals surface area contributed by atoms with E-state index < -0.39 is 0 Å². The Kier molecular flexibility index (Phi) is 3.26. The Bertz CT molecular complexity index is 302. The van der Waals surface area contributed by atoms with E-state index in [1.807, 2.05) is 6.08 Å². The van der Waals surface area contributed by atoms with E-state index in [9.17, 15) is 0 Å². The molecule has 1 aromatic rings. The first kappa shape index (κ1) is 10.0. The van der Waals surface area contributed by atoms with Gasteiger partial charge in [-0.2, -0.15) is 0 Å². The van der Waals surface area contributed by atoms with E-state index in [-0.39, 0.29) is 0 Å². The van der Waals surface area contributed by atoms with Crippen molar-refractivity contribution in [1.29, 1.82) is 0 Å². The molecule has 1 atom stereocenters. The molecule has 1 unspecified atom stereocenters. The number of rotatable bonds is 3. The minimum atomic E-state index is 0.344. The number of aryl methyl sites for hydroxylation is 2. The number of quaternary nitrogens is 1. The quantitative estimate of drug-likeness (QED) is 0.684. The van der Waals surface area contributed by atoms with Crippen LogP contribution >= 0.6 is 0 Å². The normalized spacial score (nSPS) is 12.5. The summed E-state index contributed by atoms with van der Waals surface area (Å²) in [6, 6.07) is 6.88. The van der Waals surface area contributed by atoms with Crippen molar-refractivity contribution in [3.63, 3.8) is 0 Å². The summed E-state index contributed by atoms with van der Waals surface area (Å²) < 4.78 is 0. The van der Waals surface area contributed by atoms with E-state index in [0.29, 0.717) is 6.04 Å². The first-order valence-corrected chi connectivity index (χ1v) is 4.66. The highest BCUT2D eigenvalue weighted by atomic mass is 14.6. The maximum Gasteiger partial charge on any atom is 0.113 e. The zero-order chi connectivity index (χ0) is 9.84. The second-order valence-electron chi connectivity index (χ2n) is 3.56. The lowest BCUT2D eigenvalue weighted by atomic mass is 10.00. The molecule has 1 nitrogen and oxygen atoms in total. The maximum absolute atomic E-state index is 4.10. The summed E-state index contributed by atoms with van der Waals surface area (Å²) in [4.78, 5) is 0. The van der Waals surface area contributed by atoms with Gasteiger partial charge in [-0.3, -0.25) is 0 Å². The Balaban J connectivity index is 2.89. The lowest BCUT2D eigenvalue weighted by molar-refractivity contribution is -0.425. The Morgan fingerprint density at radius 3 is 2.62 bits per heavy atom. The molecule has 70 valence electrons. The van der Waals surface area contributed by atoms with Crippen molar-refractivity contribution in [1.82, 2.24) is 0 Å². The average Bonchev–Trinajstić information content (AvgIpc) is 2.10. The van der Waals surface area contributed by atoms with Crippen molar-refractivity contribution < 1.29 is 5.73 Å². The van der Waals surface area contributed by atoms with Crippen LogP contribution in [0.15, 0.2) is 30.9 Å². The minimum absolute atomic E-state index is 0.344. The number of benzene rings is 1. The molecule has 1 aromatic carbocycles. The summed E-state index contributed by atoms with van der Waals surface area (Å²) in [5.74, 6) is 0. The molecular formula is C12H18N+. The molecule has 0 aliphatic heterocycles. The van der Waals surface area contributed by atoms with Crippen LogP contribution in [-0.2, 0) is 0 Å². The van der Waals surface area contributed by atoms with E-state index in [1.165, 1.54) is 16.7 Å². The lowest BCUT2D eigenvalue weighted by Crippen LogP contribution is -2.53. The van der Waals surface area contributed by atoms with Crippen LogP contribution in [0.5, 0.6) is 0 Å². The third kappa shape index (κ3) is 2.43. The van der Waals surface area contributed by atoms with Gasteiger partial charge >= 0.3 is 0 Å². The standard InChI is InChI=1S/C12H17N/c1-4-5-12(13)11-7-6-9(2)10(3)8-11/h4,6-8,12H,1,5,13H2,2-3H3/p+1. The van der Waals surface area contributed by atoms with Crippen LogP contribution in [-0.4, -0.2) is 0 Å². The molecule has 1 heteroatoms. The van der Waals surface area contributed by atoms with Crippen molar-refractivity contribution in [3.05, 3.63) is 47.5 Å². The Hall–Kier alpha value is -1.08. The highest BCUT2D eigenvalue weighted by molar-refractivity contribution is 5.31. The van der Waals surface area contributed by atoms with Crippen molar-refractivity contribution in [2.75, 3.05) is 0 Å². The van der Waals surface area contributed by atoms with Crippen molar-refractivity contribution in [2.45, 2.75) is 26.3 Å². The first-order chi connectivity index (χ1) is 6.15. The number of hydrogen-bond acceptors (Lipinski definition) is 0. The predicted molar refractivity (Wildman–Crippen MR) is 56.4 cm³/mol. The van der Waals surface area contributed by atoms with Gasteiger partial charge in [0.25, 0.3) is 0 Å². The summed E-state index contributed by atoms with van der Waals surface area (Å²) in [7, 11) is 0. The molecule has 0 radical (unpaired) electrons. The molecule has 0 fully saturated rings. The molecule has 0 aromatic heterocycles. The minimum Gasteiger partial charge on any atom is -0.351 e. The first-order valence-electron chi connectivity index (χ1n) is 4.66. The van der Waals surface area contributed by atoms with Gasteiger partial charge in [0.2, 0.25) is 0 Å². The largest absolute Gasteiger partial charge is 0.351 e. The van der Waals surface area contributed by atoms with Gasteiger partial charge in [0.15, 0.2) is 0 Å².